The zero-order chi connectivity index (χ0) is 69.4. The van der Waals surface area contributed by atoms with Gasteiger partial charge in [0, 0.05) is 113 Å². The largest absolute Gasteiger partial charge is 0.487 e. The Morgan fingerprint density at radius 1 is 0.510 bits per heavy atom. The molecule has 6 unspecified atom stereocenters. The Morgan fingerprint density at radius 2 is 0.878 bits per heavy atom. The minimum absolute atomic E-state index is 0.0328. The number of aliphatic hydroxyl groups is 2. The maximum Gasteiger partial charge on any atom is 0.328 e. The van der Waals surface area contributed by atoms with Crippen molar-refractivity contribution in [1.29, 1.82) is 0 Å². The molecule has 0 radical (unpaired) electrons. The molecule has 22 nitrogen and oxygen atoms in total. The first-order valence-corrected chi connectivity index (χ1v) is 33.7. The molecule has 0 bridgehead atoms. The van der Waals surface area contributed by atoms with E-state index in [9.17, 15) is 39.0 Å². The minimum Gasteiger partial charge on any atom is -0.487 e. The van der Waals surface area contributed by atoms with Gasteiger partial charge in [0.05, 0.1) is 24.6 Å². The summed E-state index contributed by atoms with van der Waals surface area (Å²) in [5, 5.41) is 58.5. The maximum absolute atomic E-state index is 12.6. The quantitative estimate of drug-likeness (QED) is 0.0130. The van der Waals surface area contributed by atoms with Crippen molar-refractivity contribution in [2.45, 2.75) is 115 Å². The summed E-state index contributed by atoms with van der Waals surface area (Å²) in [6.45, 7) is 8.50. The zero-order valence-electron chi connectivity index (χ0n) is 55.7. The molecule has 0 spiro atoms. The summed E-state index contributed by atoms with van der Waals surface area (Å²) in [5.74, 6) is 0.0767. The molecule has 2 heterocycles. The summed E-state index contributed by atoms with van der Waals surface area (Å²) in [6.07, 6.45) is 7.93. The Labute approximate surface area is 572 Å². The molecule has 2 fully saturated rings. The average molecular weight is 1340 g/mol. The van der Waals surface area contributed by atoms with Gasteiger partial charge in [-0.3, -0.25) is 19.2 Å². The molecule has 6 aromatic carbocycles. The van der Waals surface area contributed by atoms with Gasteiger partial charge < -0.3 is 60.6 Å². The van der Waals surface area contributed by atoms with Crippen LogP contribution in [0.4, 0.5) is 11.4 Å². The highest BCUT2D eigenvalue weighted by atomic mass is 16.5. The van der Waals surface area contributed by atoms with E-state index in [2.05, 4.69) is 66.6 Å². The first kappa shape index (κ1) is 74.4. The summed E-state index contributed by atoms with van der Waals surface area (Å²) < 4.78 is 24.1. The van der Waals surface area contributed by atoms with Crippen molar-refractivity contribution in [3.8, 4) is 11.5 Å². The van der Waals surface area contributed by atoms with Crippen LogP contribution in [0.1, 0.15) is 98.6 Å². The van der Waals surface area contributed by atoms with E-state index in [1.807, 2.05) is 147 Å². The molecule has 0 saturated heterocycles. The number of ether oxygens (including phenoxy) is 4. The van der Waals surface area contributed by atoms with Crippen LogP contribution in [0, 0.1) is 23.7 Å². The monoisotopic (exact) mass is 1340 g/mol. The van der Waals surface area contributed by atoms with E-state index >= 15 is 0 Å². The second-order valence-electron chi connectivity index (χ2n) is 25.1. The van der Waals surface area contributed by atoms with Gasteiger partial charge in [0.2, 0.25) is 23.6 Å². The van der Waals surface area contributed by atoms with Gasteiger partial charge in [0.15, 0.2) is 0 Å². The van der Waals surface area contributed by atoms with Crippen LogP contribution >= 0.6 is 0 Å². The van der Waals surface area contributed by atoms with Crippen LogP contribution in [0.3, 0.4) is 0 Å². The highest BCUT2D eigenvalue weighted by Gasteiger charge is 2.27. The average Bonchev–Trinajstić information content (AvgIpc) is 1.81. The maximum atomic E-state index is 12.6. The van der Waals surface area contributed by atoms with Crippen LogP contribution < -0.4 is 41.6 Å². The number of carboxylic acid groups (broad SMARTS) is 2. The smallest absolute Gasteiger partial charge is 0.328 e. The molecule has 22 heteroatoms. The SMILES string of the molecule is CC1CC(=O)NN=C1c1ccc(NC(=O)CCNCC(O)C(Cc2ccccc2)Oc2ccc(CCOCC3CC3)cc2)cc1.CC1CC(=O)NN=C1c1ccc(NC(=O)CCNCC(O)C(Cc2ccccc2)Oc2ccc(CCOCC3CC3)cc2)cc1.O=C(O)/C=C/C(=O)O. The minimum atomic E-state index is -1.26. The summed E-state index contributed by atoms with van der Waals surface area (Å²) >= 11 is 0. The number of hydrogen-bond donors (Lipinski definition) is 10. The molecular weight excluding hydrogens is 1250 g/mol. The predicted octanol–water partition coefficient (Wildman–Crippen LogP) is 8.68. The normalized spacial score (nSPS) is 16.9. The first-order valence-electron chi connectivity index (χ1n) is 33.7. The molecule has 6 aromatic rings. The van der Waals surface area contributed by atoms with Crippen molar-refractivity contribution in [3.63, 3.8) is 0 Å². The third-order valence-corrected chi connectivity index (χ3v) is 16.6. The van der Waals surface area contributed by atoms with Gasteiger partial charge in [0.1, 0.15) is 35.9 Å². The fourth-order valence-corrected chi connectivity index (χ4v) is 10.7. The Bertz CT molecular complexity index is 3330. The fraction of sp³-hybridized carbons (Fsp3) is 0.395. The van der Waals surface area contributed by atoms with Gasteiger partial charge in [-0.2, -0.15) is 10.2 Å². The number of hydrazone groups is 2. The lowest BCUT2D eigenvalue weighted by molar-refractivity contribution is -0.134. The Morgan fingerprint density at radius 3 is 1.21 bits per heavy atom. The lowest BCUT2D eigenvalue weighted by Crippen LogP contribution is -2.41. The van der Waals surface area contributed by atoms with Gasteiger partial charge >= 0.3 is 11.9 Å². The van der Waals surface area contributed by atoms with Crippen molar-refractivity contribution in [3.05, 3.63) is 203 Å². The van der Waals surface area contributed by atoms with E-state index in [1.165, 1.54) is 36.8 Å². The molecule has 2 aliphatic carbocycles. The van der Waals surface area contributed by atoms with E-state index in [0.717, 1.165) is 84.8 Å². The number of nitrogens with zero attached hydrogens (tertiary/aromatic N) is 2. The molecule has 2 aliphatic heterocycles. The number of amides is 4. The van der Waals surface area contributed by atoms with Gasteiger partial charge in [-0.25, -0.2) is 20.4 Å². The Hall–Kier alpha value is -9.42. The number of carboxylic acids is 2. The van der Waals surface area contributed by atoms with E-state index in [4.69, 9.17) is 29.2 Å². The molecule has 4 aliphatic rings. The fourth-order valence-electron chi connectivity index (χ4n) is 10.7. The Balaban J connectivity index is 0.000000225. The van der Waals surface area contributed by atoms with Crippen molar-refractivity contribution in [1.82, 2.24) is 21.5 Å². The summed E-state index contributed by atoms with van der Waals surface area (Å²) in [5.41, 5.74) is 14.4. The number of carbonyl (C=O) groups is 6. The van der Waals surface area contributed by atoms with Gasteiger partial charge in [-0.1, -0.05) is 123 Å². The second-order valence-corrected chi connectivity index (χ2v) is 25.1. The van der Waals surface area contributed by atoms with Crippen LogP contribution in [0.5, 0.6) is 11.5 Å². The highest BCUT2D eigenvalue weighted by Crippen LogP contribution is 2.30. The van der Waals surface area contributed by atoms with Crippen molar-refractivity contribution >= 4 is 58.4 Å². The van der Waals surface area contributed by atoms with Crippen LogP contribution in [-0.4, -0.2) is 144 Å². The third-order valence-electron chi connectivity index (χ3n) is 16.6. The van der Waals surface area contributed by atoms with Crippen LogP contribution in [-0.2, 0) is 63.9 Å². The van der Waals surface area contributed by atoms with E-state index < -0.39 is 36.4 Å². The molecule has 4 amide bonds. The first-order chi connectivity index (χ1) is 47.5. The van der Waals surface area contributed by atoms with Crippen LogP contribution in [0.25, 0.3) is 0 Å². The molecule has 10 N–H and O–H groups in total. The highest BCUT2D eigenvalue weighted by molar-refractivity contribution is 6.07. The zero-order valence-corrected chi connectivity index (χ0v) is 55.7. The van der Waals surface area contributed by atoms with E-state index in [1.54, 1.807) is 0 Å². The van der Waals surface area contributed by atoms with Crippen molar-refractivity contribution in [2.24, 2.45) is 33.9 Å². The van der Waals surface area contributed by atoms with Gasteiger partial charge in [-0.15, -0.1) is 0 Å². The molecule has 0 aromatic heterocycles. The molecule has 10 rings (SSSR count). The lowest BCUT2D eigenvalue weighted by Gasteiger charge is -2.25. The summed E-state index contributed by atoms with van der Waals surface area (Å²) in [6, 6.07) is 50.9. The summed E-state index contributed by atoms with van der Waals surface area (Å²) in [4.78, 5) is 67.3. The number of benzene rings is 6. The number of anilines is 2. The van der Waals surface area contributed by atoms with E-state index in [0.29, 0.717) is 73.8 Å². The molecule has 520 valence electrons. The number of carbonyl (C=O) groups excluding carboxylic acids is 4. The van der Waals surface area contributed by atoms with Crippen LogP contribution in [0.2, 0.25) is 0 Å². The van der Waals surface area contributed by atoms with Crippen LogP contribution in [0.15, 0.2) is 180 Å². The number of aliphatic hydroxyl groups excluding tert-OH is 2. The standard InChI is InChI=1S/2C36H44N4O5.C4H4O4/c2*1-25-21-35(43)39-40-36(25)29-11-13-30(14-12-29)38-34(42)17-19-37-23-32(41)33(22-27-5-3-2-4-6-27)45-31-15-9-26(10-16-31)18-20-44-24-28-7-8-28;5-3(6)1-2-4(7)8/h2*2-6,9-16,25,28,32-33,37,41H,7-8,17-24H2,1H3,(H,38,42)(H,39,43);1-2H,(H,5,6)(H,7,8)/b;;2-1+. The number of aliphatic carboxylic acids is 2. The summed E-state index contributed by atoms with van der Waals surface area (Å²) in [7, 11) is 0. The second kappa shape index (κ2) is 39.7. The third kappa shape index (κ3) is 27.6. The number of hydrogen-bond acceptors (Lipinski definition) is 16. The predicted molar refractivity (Wildman–Crippen MR) is 375 cm³/mol. The number of rotatable bonds is 36. The van der Waals surface area contributed by atoms with Crippen molar-refractivity contribution < 1.29 is 68.1 Å². The van der Waals surface area contributed by atoms with Gasteiger partial charge in [-0.05, 0) is 132 Å². The van der Waals surface area contributed by atoms with Crippen molar-refractivity contribution in [2.75, 3.05) is 63.2 Å². The molecule has 98 heavy (non-hydrogen) atoms. The van der Waals surface area contributed by atoms with Gasteiger partial charge in [0.25, 0.3) is 0 Å². The molecular formula is C76H92N8O14. The molecule has 6 atom stereocenters. The lowest BCUT2D eigenvalue weighted by atomic mass is 9.94. The molecule has 2 saturated carbocycles. The number of nitrogens with one attached hydrogen (secondary N) is 6. The van der Waals surface area contributed by atoms with E-state index in [-0.39, 0.29) is 61.4 Å². The topological polar surface area (TPSA) is 317 Å². The Kier molecular flexibility index (Phi) is 30.1.